The lowest BCUT2D eigenvalue weighted by Crippen LogP contribution is -2.48. The summed E-state index contributed by atoms with van der Waals surface area (Å²) >= 11 is 0. The minimum Gasteiger partial charge on any atom is -0.377 e. The van der Waals surface area contributed by atoms with Gasteiger partial charge in [-0.3, -0.25) is 9.59 Å². The molecule has 0 aromatic heterocycles. The van der Waals surface area contributed by atoms with Gasteiger partial charge in [-0.1, -0.05) is 54.6 Å². The van der Waals surface area contributed by atoms with Crippen LogP contribution >= 0.6 is 0 Å². The molecule has 2 fully saturated rings. The summed E-state index contributed by atoms with van der Waals surface area (Å²) in [5.41, 5.74) is 1.62. The van der Waals surface area contributed by atoms with E-state index in [-0.39, 0.29) is 37.6 Å². The molecule has 186 valence electrons. The third-order valence-electron chi connectivity index (χ3n) is 8.01. The highest BCUT2D eigenvalue weighted by atomic mass is 19.1. The average molecular weight is 489 g/mol. The van der Waals surface area contributed by atoms with Crippen molar-refractivity contribution in [2.45, 2.75) is 24.7 Å². The van der Waals surface area contributed by atoms with Crippen LogP contribution in [0.1, 0.15) is 29.5 Å². The second kappa shape index (κ2) is 9.49. The predicted molar refractivity (Wildman–Crippen MR) is 136 cm³/mol. The first-order chi connectivity index (χ1) is 17.3. The van der Waals surface area contributed by atoms with Crippen molar-refractivity contribution in [3.63, 3.8) is 0 Å². The summed E-state index contributed by atoms with van der Waals surface area (Å²) < 4.78 is 30.7. The summed E-state index contributed by atoms with van der Waals surface area (Å²) in [6.07, 6.45) is 0.726. The number of para-hydroxylation sites is 1. The van der Waals surface area contributed by atoms with Gasteiger partial charge in [0, 0.05) is 56.5 Å². The van der Waals surface area contributed by atoms with Crippen LogP contribution in [0.4, 0.5) is 14.5 Å². The van der Waals surface area contributed by atoms with Gasteiger partial charge in [0.2, 0.25) is 5.91 Å². The Morgan fingerprint density at radius 1 is 0.917 bits per heavy atom. The fourth-order valence-corrected chi connectivity index (χ4v) is 6.36. The van der Waals surface area contributed by atoms with E-state index in [9.17, 15) is 9.59 Å². The number of benzene rings is 3. The number of hydrogen-bond donors (Lipinski definition) is 0. The normalized spacial score (nSPS) is 20.8. The third-order valence-corrected chi connectivity index (χ3v) is 8.01. The van der Waals surface area contributed by atoms with Crippen LogP contribution in [0.5, 0.6) is 0 Å². The highest BCUT2D eigenvalue weighted by molar-refractivity contribution is 5.87. The zero-order valence-electron chi connectivity index (χ0n) is 20.6. The molecule has 36 heavy (non-hydrogen) atoms. The predicted octanol–water partition coefficient (Wildman–Crippen LogP) is 5.00. The summed E-state index contributed by atoms with van der Waals surface area (Å²) in [6.45, 7) is 0.555. The third kappa shape index (κ3) is 3.98. The summed E-state index contributed by atoms with van der Waals surface area (Å²) in [5.74, 6) is -1.74. The molecular weight excluding hydrogens is 458 g/mol. The molecule has 1 aliphatic carbocycles. The number of Topliss-reactive ketones (excluding diaryl/α,β-unsaturated/α-hetero) is 1. The Kier molecular flexibility index (Phi) is 6.37. The van der Waals surface area contributed by atoms with Gasteiger partial charge in [0.05, 0.1) is 6.42 Å². The molecule has 1 saturated carbocycles. The van der Waals surface area contributed by atoms with Crippen LogP contribution < -0.4 is 4.90 Å². The fraction of sp³-hybridized carbons (Fsp3) is 0.333. The van der Waals surface area contributed by atoms with E-state index in [1.807, 2.05) is 43.3 Å². The van der Waals surface area contributed by atoms with Crippen molar-refractivity contribution in [1.82, 2.24) is 4.90 Å². The maximum Gasteiger partial charge on any atom is 0.227 e. The number of anilines is 1. The minimum absolute atomic E-state index is 0.0623. The van der Waals surface area contributed by atoms with Crippen molar-refractivity contribution in [2.75, 3.05) is 32.1 Å². The van der Waals surface area contributed by atoms with Gasteiger partial charge in [-0.25, -0.2) is 8.78 Å². The number of fused-ring (bicyclic) bond motifs is 1. The number of ketones is 1. The second-order valence-corrected chi connectivity index (χ2v) is 10.1. The van der Waals surface area contributed by atoms with E-state index >= 15 is 8.78 Å². The number of carbonyl (C=O) groups excluding carboxylic acids is 2. The standard InChI is InChI=1S/C30H30F2N2O2/c1-33(2)27-14-8-3-9-20(27)17-29(36)34-18-21-24(19-34)30(16-15-28(21)35,22-10-4-6-12-25(22)31)23-11-5-7-13-26(23)32/h3-14,21,24H,15-19H2,1-2H3. The van der Waals surface area contributed by atoms with Crippen molar-refractivity contribution < 1.29 is 18.4 Å². The monoisotopic (exact) mass is 488 g/mol. The van der Waals surface area contributed by atoms with Gasteiger partial charge in [0.1, 0.15) is 17.4 Å². The van der Waals surface area contributed by atoms with E-state index in [0.717, 1.165) is 11.3 Å². The van der Waals surface area contributed by atoms with Crippen LogP contribution in [0.3, 0.4) is 0 Å². The number of hydrogen-bond acceptors (Lipinski definition) is 3. The number of nitrogens with zero attached hydrogens (tertiary/aromatic N) is 2. The first kappa shape index (κ1) is 24.2. The van der Waals surface area contributed by atoms with Crippen molar-refractivity contribution in [3.8, 4) is 0 Å². The largest absolute Gasteiger partial charge is 0.377 e. The van der Waals surface area contributed by atoms with Crippen LogP contribution in [-0.4, -0.2) is 43.8 Å². The molecule has 2 unspecified atom stereocenters. The molecule has 1 heterocycles. The van der Waals surface area contributed by atoms with Crippen LogP contribution in [0.2, 0.25) is 0 Å². The van der Waals surface area contributed by atoms with Gasteiger partial charge in [0.25, 0.3) is 0 Å². The molecule has 1 amide bonds. The Balaban J connectivity index is 1.55. The quantitative estimate of drug-likeness (QED) is 0.508. The number of carbonyl (C=O) groups is 2. The molecule has 5 rings (SSSR count). The van der Waals surface area contributed by atoms with E-state index in [0.29, 0.717) is 17.5 Å². The van der Waals surface area contributed by atoms with E-state index < -0.39 is 28.9 Å². The average Bonchev–Trinajstić information content (AvgIpc) is 3.33. The van der Waals surface area contributed by atoms with Gasteiger partial charge in [-0.15, -0.1) is 0 Å². The summed E-state index contributed by atoms with van der Waals surface area (Å²) in [7, 11) is 3.87. The van der Waals surface area contributed by atoms with Crippen molar-refractivity contribution in [1.29, 1.82) is 0 Å². The Labute approximate surface area is 210 Å². The van der Waals surface area contributed by atoms with Gasteiger partial charge < -0.3 is 9.80 Å². The molecule has 3 aromatic rings. The number of amides is 1. The molecule has 0 spiro atoms. The van der Waals surface area contributed by atoms with Crippen molar-refractivity contribution >= 4 is 17.4 Å². The molecule has 0 bridgehead atoms. The van der Waals surface area contributed by atoms with E-state index in [4.69, 9.17) is 0 Å². The highest BCUT2D eigenvalue weighted by Crippen LogP contribution is 2.53. The maximum absolute atomic E-state index is 15.4. The maximum atomic E-state index is 15.4. The van der Waals surface area contributed by atoms with Crippen LogP contribution in [-0.2, 0) is 21.4 Å². The smallest absolute Gasteiger partial charge is 0.227 e. The lowest BCUT2D eigenvalue weighted by molar-refractivity contribution is -0.129. The lowest BCUT2D eigenvalue weighted by Gasteiger charge is -2.45. The molecule has 4 nitrogen and oxygen atoms in total. The van der Waals surface area contributed by atoms with Crippen LogP contribution in [0.15, 0.2) is 72.8 Å². The second-order valence-electron chi connectivity index (χ2n) is 10.1. The molecule has 1 saturated heterocycles. The van der Waals surface area contributed by atoms with E-state index in [1.165, 1.54) is 12.1 Å². The highest BCUT2D eigenvalue weighted by Gasteiger charge is 2.56. The zero-order valence-corrected chi connectivity index (χ0v) is 20.6. The number of likely N-dealkylation sites (tertiary alicyclic amines) is 1. The first-order valence-corrected chi connectivity index (χ1v) is 12.4. The summed E-state index contributed by atoms with van der Waals surface area (Å²) in [4.78, 5) is 30.3. The van der Waals surface area contributed by atoms with Crippen molar-refractivity contribution in [3.05, 3.63) is 101 Å². The van der Waals surface area contributed by atoms with Gasteiger partial charge in [-0.2, -0.15) is 0 Å². The molecule has 2 atom stereocenters. The molecule has 3 aromatic carbocycles. The fourth-order valence-electron chi connectivity index (χ4n) is 6.36. The molecule has 6 heteroatoms. The Bertz CT molecular complexity index is 1260. The minimum atomic E-state index is -1.04. The number of halogens is 2. The molecular formula is C30H30F2N2O2. The Morgan fingerprint density at radius 2 is 1.50 bits per heavy atom. The molecule has 2 aliphatic rings. The summed E-state index contributed by atoms with van der Waals surface area (Å²) in [5, 5.41) is 0. The number of rotatable bonds is 5. The van der Waals surface area contributed by atoms with Crippen molar-refractivity contribution in [2.24, 2.45) is 11.8 Å². The molecule has 0 N–H and O–H groups in total. The van der Waals surface area contributed by atoms with Gasteiger partial charge >= 0.3 is 0 Å². The van der Waals surface area contributed by atoms with Crippen LogP contribution in [0.25, 0.3) is 0 Å². The van der Waals surface area contributed by atoms with E-state index in [2.05, 4.69) is 0 Å². The topological polar surface area (TPSA) is 40.6 Å². The molecule has 0 radical (unpaired) electrons. The molecule has 1 aliphatic heterocycles. The first-order valence-electron chi connectivity index (χ1n) is 12.4. The van der Waals surface area contributed by atoms with Gasteiger partial charge in [-0.05, 0) is 41.3 Å². The van der Waals surface area contributed by atoms with Crippen LogP contribution in [0, 0.1) is 23.5 Å². The van der Waals surface area contributed by atoms with Gasteiger partial charge in [0.15, 0.2) is 0 Å². The Hall–Kier alpha value is -3.54. The SMILES string of the molecule is CN(C)c1ccccc1CC(=O)N1CC2C(=O)CCC(c3ccccc3F)(c3ccccc3F)C2C1. The van der Waals surface area contributed by atoms with E-state index in [1.54, 1.807) is 41.3 Å². The lowest BCUT2D eigenvalue weighted by atomic mass is 9.56. The summed E-state index contributed by atoms with van der Waals surface area (Å²) in [6, 6.07) is 20.7. The zero-order chi connectivity index (χ0) is 25.4. The Morgan fingerprint density at radius 3 is 2.11 bits per heavy atom.